The van der Waals surface area contributed by atoms with Crippen LogP contribution >= 0.6 is 0 Å². The lowest BCUT2D eigenvalue weighted by Crippen LogP contribution is -2.20. The van der Waals surface area contributed by atoms with Crippen LogP contribution in [0.15, 0.2) is 36.4 Å². The van der Waals surface area contributed by atoms with Gasteiger partial charge in [-0.05, 0) is 37.2 Å². The number of nitrogens with zero attached hydrogens (tertiary/aromatic N) is 3. The zero-order valence-corrected chi connectivity index (χ0v) is 12.2. The van der Waals surface area contributed by atoms with Gasteiger partial charge in [-0.1, -0.05) is 19.1 Å². The van der Waals surface area contributed by atoms with E-state index in [1.807, 2.05) is 30.3 Å². The Morgan fingerprint density at radius 2 is 2.10 bits per heavy atom. The molecule has 0 radical (unpaired) electrons. The molecular formula is C16H20N4O. The van der Waals surface area contributed by atoms with Crippen molar-refractivity contribution in [1.29, 1.82) is 0 Å². The molecule has 110 valence electrons. The van der Waals surface area contributed by atoms with Gasteiger partial charge in [0.1, 0.15) is 5.75 Å². The fourth-order valence-electron chi connectivity index (χ4n) is 2.41. The summed E-state index contributed by atoms with van der Waals surface area (Å²) in [6.07, 6.45) is 0.968. The third kappa shape index (κ3) is 3.13. The Labute approximate surface area is 125 Å². The van der Waals surface area contributed by atoms with Gasteiger partial charge in [-0.3, -0.25) is 0 Å². The molecule has 0 amide bonds. The number of ether oxygens (including phenoxy) is 1. The molecule has 5 heteroatoms. The quantitative estimate of drug-likeness (QED) is 0.935. The summed E-state index contributed by atoms with van der Waals surface area (Å²) in [6, 6.07) is 12.1. The molecule has 0 saturated heterocycles. The van der Waals surface area contributed by atoms with E-state index in [1.54, 1.807) is 0 Å². The molecule has 0 bridgehead atoms. The Hall–Kier alpha value is -2.14. The van der Waals surface area contributed by atoms with Crippen molar-refractivity contribution >= 4 is 11.5 Å². The predicted octanol–water partition coefficient (Wildman–Crippen LogP) is 2.51. The molecule has 2 heterocycles. The molecule has 21 heavy (non-hydrogen) atoms. The van der Waals surface area contributed by atoms with Gasteiger partial charge >= 0.3 is 0 Å². The Balaban J connectivity index is 1.86. The second kappa shape index (κ2) is 6.54. The van der Waals surface area contributed by atoms with Crippen molar-refractivity contribution in [3.8, 4) is 5.75 Å². The average Bonchev–Trinajstić information content (AvgIpc) is 2.76. The highest BCUT2D eigenvalue weighted by Gasteiger charge is 2.18. The van der Waals surface area contributed by atoms with Crippen molar-refractivity contribution in [2.75, 3.05) is 24.6 Å². The van der Waals surface area contributed by atoms with Crippen LogP contribution in [0.5, 0.6) is 5.75 Å². The minimum absolute atomic E-state index is 0.736. The summed E-state index contributed by atoms with van der Waals surface area (Å²) >= 11 is 0. The summed E-state index contributed by atoms with van der Waals surface area (Å²) in [7, 11) is 0. The summed E-state index contributed by atoms with van der Waals surface area (Å²) in [5.41, 5.74) is 2.02. The van der Waals surface area contributed by atoms with Gasteiger partial charge in [0.05, 0.1) is 18.0 Å². The number of hydrogen-bond donors (Lipinski definition) is 1. The maximum absolute atomic E-state index is 5.78. The van der Waals surface area contributed by atoms with E-state index in [0.717, 1.165) is 55.6 Å². The number of aromatic nitrogens is 2. The van der Waals surface area contributed by atoms with E-state index in [2.05, 4.69) is 33.4 Å². The molecule has 1 aromatic carbocycles. The summed E-state index contributed by atoms with van der Waals surface area (Å²) < 4.78 is 5.78. The van der Waals surface area contributed by atoms with Crippen LogP contribution in [-0.4, -0.2) is 29.9 Å². The fraction of sp³-hybridized carbons (Fsp3) is 0.375. The lowest BCUT2D eigenvalue weighted by atomic mass is 10.2. The van der Waals surface area contributed by atoms with Crippen LogP contribution in [0.3, 0.4) is 0 Å². The lowest BCUT2D eigenvalue weighted by Gasteiger charge is -2.22. The molecule has 0 fully saturated rings. The van der Waals surface area contributed by atoms with Gasteiger partial charge in [-0.15, -0.1) is 5.10 Å². The maximum Gasteiger partial charge on any atom is 0.155 e. The van der Waals surface area contributed by atoms with Crippen LogP contribution < -0.4 is 15.0 Å². The van der Waals surface area contributed by atoms with Crippen LogP contribution in [0.2, 0.25) is 0 Å². The third-order valence-electron chi connectivity index (χ3n) is 3.48. The molecule has 0 unspecified atom stereocenters. The lowest BCUT2D eigenvalue weighted by molar-refractivity contribution is 0.322. The van der Waals surface area contributed by atoms with Gasteiger partial charge < -0.3 is 15.0 Å². The van der Waals surface area contributed by atoms with Crippen molar-refractivity contribution < 1.29 is 4.74 Å². The number of benzene rings is 1. The highest BCUT2D eigenvalue weighted by atomic mass is 16.5. The van der Waals surface area contributed by atoms with Crippen LogP contribution in [0, 0.1) is 0 Å². The van der Waals surface area contributed by atoms with Crippen molar-refractivity contribution in [2.45, 2.75) is 19.9 Å². The summed E-state index contributed by atoms with van der Waals surface area (Å²) in [4.78, 5) is 2.17. The molecule has 0 aliphatic carbocycles. The van der Waals surface area contributed by atoms with E-state index in [9.17, 15) is 0 Å². The molecule has 0 saturated carbocycles. The average molecular weight is 284 g/mol. The molecule has 0 spiro atoms. The summed E-state index contributed by atoms with van der Waals surface area (Å²) in [5.74, 6) is 1.78. The molecule has 1 N–H and O–H groups in total. The Morgan fingerprint density at radius 3 is 2.90 bits per heavy atom. The number of para-hydroxylation sites is 2. The monoisotopic (exact) mass is 284 g/mol. The van der Waals surface area contributed by atoms with Gasteiger partial charge in [-0.2, -0.15) is 5.10 Å². The molecule has 0 atom stereocenters. The van der Waals surface area contributed by atoms with Gasteiger partial charge in [0.25, 0.3) is 0 Å². The number of fused-ring (bicyclic) bond motifs is 1. The molecular weight excluding hydrogens is 264 g/mol. The van der Waals surface area contributed by atoms with E-state index < -0.39 is 0 Å². The van der Waals surface area contributed by atoms with Crippen LogP contribution in [0.25, 0.3) is 0 Å². The van der Waals surface area contributed by atoms with Gasteiger partial charge in [0, 0.05) is 13.1 Å². The summed E-state index contributed by atoms with van der Waals surface area (Å²) in [5, 5.41) is 11.9. The number of rotatable bonds is 4. The van der Waals surface area contributed by atoms with E-state index in [4.69, 9.17) is 4.74 Å². The Kier molecular flexibility index (Phi) is 4.31. The second-order valence-electron chi connectivity index (χ2n) is 4.98. The third-order valence-corrected chi connectivity index (χ3v) is 3.48. The first kappa shape index (κ1) is 13.8. The number of anilines is 2. The van der Waals surface area contributed by atoms with E-state index in [1.165, 1.54) is 0 Å². The highest BCUT2D eigenvalue weighted by molar-refractivity contribution is 5.67. The van der Waals surface area contributed by atoms with Crippen molar-refractivity contribution in [3.05, 3.63) is 42.1 Å². The van der Waals surface area contributed by atoms with E-state index in [-0.39, 0.29) is 0 Å². The first-order valence-corrected chi connectivity index (χ1v) is 7.41. The minimum atomic E-state index is 0.736. The zero-order chi connectivity index (χ0) is 14.5. The highest BCUT2D eigenvalue weighted by Crippen LogP contribution is 2.34. The van der Waals surface area contributed by atoms with Gasteiger partial charge in [0.15, 0.2) is 5.82 Å². The van der Waals surface area contributed by atoms with Gasteiger partial charge in [-0.25, -0.2) is 0 Å². The topological polar surface area (TPSA) is 50.3 Å². The first-order chi connectivity index (χ1) is 10.4. The summed E-state index contributed by atoms with van der Waals surface area (Å²) in [6.45, 7) is 5.39. The smallest absolute Gasteiger partial charge is 0.155 e. The predicted molar refractivity (Wildman–Crippen MR) is 83.0 cm³/mol. The molecule has 1 aliphatic heterocycles. The Morgan fingerprint density at radius 1 is 1.19 bits per heavy atom. The maximum atomic E-state index is 5.78. The van der Waals surface area contributed by atoms with E-state index >= 15 is 0 Å². The number of nitrogens with one attached hydrogen (secondary N) is 1. The molecule has 3 rings (SSSR count). The first-order valence-electron chi connectivity index (χ1n) is 7.41. The van der Waals surface area contributed by atoms with Crippen LogP contribution in [0.4, 0.5) is 11.5 Å². The van der Waals surface area contributed by atoms with Crippen molar-refractivity contribution in [1.82, 2.24) is 15.5 Å². The zero-order valence-electron chi connectivity index (χ0n) is 12.2. The SMILES string of the molecule is CCNCc1ccc(N2CCCOc3ccccc32)nn1. The normalized spacial score (nSPS) is 14.2. The molecule has 1 aliphatic rings. The standard InChI is InChI=1S/C16H20N4O/c1-2-17-12-13-8-9-16(19-18-13)20-10-5-11-21-15-7-4-3-6-14(15)20/h3-4,6-9,17H,2,5,10-12H2,1H3. The Bertz CT molecular complexity index is 585. The van der Waals surface area contributed by atoms with Crippen molar-refractivity contribution in [3.63, 3.8) is 0 Å². The van der Waals surface area contributed by atoms with E-state index in [0.29, 0.717) is 0 Å². The number of hydrogen-bond acceptors (Lipinski definition) is 5. The fourth-order valence-corrected chi connectivity index (χ4v) is 2.41. The minimum Gasteiger partial charge on any atom is -0.491 e. The molecule has 5 nitrogen and oxygen atoms in total. The molecule has 2 aromatic rings. The van der Waals surface area contributed by atoms with Crippen LogP contribution in [0.1, 0.15) is 19.0 Å². The molecule has 1 aromatic heterocycles. The van der Waals surface area contributed by atoms with Gasteiger partial charge in [0.2, 0.25) is 0 Å². The van der Waals surface area contributed by atoms with Crippen molar-refractivity contribution in [2.24, 2.45) is 0 Å². The largest absolute Gasteiger partial charge is 0.491 e. The second-order valence-corrected chi connectivity index (χ2v) is 4.98. The van der Waals surface area contributed by atoms with Crippen LogP contribution in [-0.2, 0) is 6.54 Å².